The van der Waals surface area contributed by atoms with Gasteiger partial charge < -0.3 is 20.3 Å². The molecule has 0 aliphatic carbocycles. The number of guanidine groups is 1. The summed E-state index contributed by atoms with van der Waals surface area (Å²) in [7, 11) is 5.16. The Labute approximate surface area is 187 Å². The number of aliphatic imine (C=N–C) groups is 1. The van der Waals surface area contributed by atoms with Gasteiger partial charge in [0.2, 0.25) is 0 Å². The van der Waals surface area contributed by atoms with Crippen LogP contribution in [-0.4, -0.2) is 49.5 Å². The van der Waals surface area contributed by atoms with Crippen LogP contribution in [0.15, 0.2) is 29.3 Å². The van der Waals surface area contributed by atoms with Crippen molar-refractivity contribution >= 4 is 47.2 Å². The van der Waals surface area contributed by atoms with E-state index in [-0.39, 0.29) is 36.5 Å². The van der Waals surface area contributed by atoms with E-state index in [0.717, 1.165) is 22.2 Å². The van der Waals surface area contributed by atoms with Gasteiger partial charge in [0.15, 0.2) is 12.6 Å². The van der Waals surface area contributed by atoms with Crippen molar-refractivity contribution in [2.75, 3.05) is 27.7 Å². The maximum absolute atomic E-state index is 11.6. The van der Waals surface area contributed by atoms with Gasteiger partial charge in [0.05, 0.1) is 17.2 Å². The van der Waals surface area contributed by atoms with Gasteiger partial charge in [-0.3, -0.25) is 9.79 Å². The summed E-state index contributed by atoms with van der Waals surface area (Å²) in [6.45, 7) is 5.34. The highest BCUT2D eigenvalue weighted by atomic mass is 127. The highest BCUT2D eigenvalue weighted by Crippen LogP contribution is 2.16. The second-order valence-corrected chi connectivity index (χ2v) is 7.53. The number of aromatic nitrogens is 1. The van der Waals surface area contributed by atoms with Crippen molar-refractivity contribution in [3.05, 3.63) is 45.4 Å². The quantitative estimate of drug-likeness (QED) is 0.336. The molecule has 2 N–H and O–H groups in total. The lowest BCUT2D eigenvalue weighted by Crippen LogP contribution is -2.36. The molecule has 0 aliphatic heterocycles. The third kappa shape index (κ3) is 7.63. The fraction of sp³-hybridized carbons (Fsp3) is 0.421. The maximum Gasteiger partial charge on any atom is 0.259 e. The molecule has 0 radical (unpaired) electrons. The molecule has 0 saturated carbocycles. The van der Waals surface area contributed by atoms with Crippen molar-refractivity contribution in [2.24, 2.45) is 4.99 Å². The summed E-state index contributed by atoms with van der Waals surface area (Å²) in [6.07, 6.45) is 0. The Morgan fingerprint density at radius 2 is 1.96 bits per heavy atom. The van der Waals surface area contributed by atoms with Crippen molar-refractivity contribution in [1.82, 2.24) is 20.5 Å². The molecule has 0 unspecified atom stereocenters. The number of halogens is 1. The van der Waals surface area contributed by atoms with Crippen molar-refractivity contribution in [3.63, 3.8) is 0 Å². The van der Waals surface area contributed by atoms with Crippen LogP contribution in [0.25, 0.3) is 0 Å². The van der Waals surface area contributed by atoms with Crippen LogP contribution in [-0.2, 0) is 17.9 Å². The van der Waals surface area contributed by atoms with Crippen LogP contribution in [0.4, 0.5) is 0 Å². The third-order valence-corrected chi connectivity index (χ3v) is 4.93. The predicted octanol–water partition coefficient (Wildman–Crippen LogP) is 2.71. The molecular formula is C19H28IN5O2S. The maximum atomic E-state index is 11.6. The van der Waals surface area contributed by atoms with E-state index < -0.39 is 0 Å². The molecule has 0 bridgehead atoms. The zero-order valence-corrected chi connectivity index (χ0v) is 20.1. The van der Waals surface area contributed by atoms with Gasteiger partial charge in [0, 0.05) is 32.6 Å². The first-order chi connectivity index (χ1) is 12.9. The predicted molar refractivity (Wildman–Crippen MR) is 125 cm³/mol. The largest absolute Gasteiger partial charge is 0.484 e. The van der Waals surface area contributed by atoms with Gasteiger partial charge in [-0.05, 0) is 31.5 Å². The summed E-state index contributed by atoms with van der Waals surface area (Å²) in [5.74, 6) is 1.31. The second kappa shape index (κ2) is 11.8. The lowest BCUT2D eigenvalue weighted by Gasteiger charge is -2.13. The minimum atomic E-state index is -0.0725. The molecule has 28 heavy (non-hydrogen) atoms. The summed E-state index contributed by atoms with van der Waals surface area (Å²) in [5.41, 5.74) is 2.09. The number of carbonyl (C=O) groups is 1. The average Bonchev–Trinajstić information content (AvgIpc) is 2.97. The topological polar surface area (TPSA) is 78.9 Å². The number of thiazole rings is 1. The summed E-state index contributed by atoms with van der Waals surface area (Å²) in [4.78, 5) is 23.0. The Hall–Kier alpha value is -1.88. The highest BCUT2D eigenvalue weighted by molar-refractivity contribution is 14.0. The fourth-order valence-corrected chi connectivity index (χ4v) is 3.20. The van der Waals surface area contributed by atoms with Crippen LogP contribution in [0.3, 0.4) is 0 Å². The molecule has 0 aliphatic rings. The number of hydrogen-bond donors (Lipinski definition) is 2. The lowest BCUT2D eigenvalue weighted by atomic mass is 10.2. The van der Waals surface area contributed by atoms with Gasteiger partial charge in [-0.2, -0.15) is 0 Å². The second-order valence-electron chi connectivity index (χ2n) is 6.25. The van der Waals surface area contributed by atoms with Gasteiger partial charge >= 0.3 is 0 Å². The van der Waals surface area contributed by atoms with Crippen molar-refractivity contribution in [1.29, 1.82) is 0 Å². The van der Waals surface area contributed by atoms with Crippen molar-refractivity contribution in [2.45, 2.75) is 26.9 Å². The molecule has 0 saturated heterocycles. The summed E-state index contributed by atoms with van der Waals surface area (Å²) >= 11 is 1.69. The Balaban J connectivity index is 0.00000392. The summed E-state index contributed by atoms with van der Waals surface area (Å²) < 4.78 is 5.55. The molecular weight excluding hydrogens is 489 g/mol. The Kier molecular flexibility index (Phi) is 10.2. The number of ether oxygens (including phenoxy) is 1. The zero-order valence-electron chi connectivity index (χ0n) is 16.9. The van der Waals surface area contributed by atoms with Gasteiger partial charge in [0.25, 0.3) is 5.91 Å². The molecule has 0 fully saturated rings. The van der Waals surface area contributed by atoms with Crippen LogP contribution < -0.4 is 15.4 Å². The SMILES string of the molecule is CN=C(NCc1cccc(OCC(=O)N(C)C)c1)NCc1sc(C)nc1C.I. The highest BCUT2D eigenvalue weighted by Gasteiger charge is 2.07. The number of hydrogen-bond acceptors (Lipinski definition) is 5. The number of likely N-dealkylation sites (N-methyl/N-ethyl adjacent to an activating group) is 1. The number of carbonyl (C=O) groups excluding carboxylic acids is 1. The third-order valence-electron chi connectivity index (χ3n) is 3.86. The van der Waals surface area contributed by atoms with E-state index in [1.54, 1.807) is 32.5 Å². The molecule has 2 aromatic rings. The smallest absolute Gasteiger partial charge is 0.259 e. The number of rotatable bonds is 7. The van der Waals surface area contributed by atoms with E-state index in [2.05, 4.69) is 20.6 Å². The number of nitrogens with one attached hydrogen (secondary N) is 2. The molecule has 1 aromatic carbocycles. The van der Waals surface area contributed by atoms with Crippen molar-refractivity contribution < 1.29 is 9.53 Å². The van der Waals surface area contributed by atoms with E-state index in [0.29, 0.717) is 18.8 Å². The van der Waals surface area contributed by atoms with Gasteiger partial charge in [-0.25, -0.2) is 4.98 Å². The van der Waals surface area contributed by atoms with E-state index in [1.807, 2.05) is 38.1 Å². The zero-order chi connectivity index (χ0) is 19.8. The molecule has 0 spiro atoms. The molecule has 2 rings (SSSR count). The normalized spacial score (nSPS) is 10.8. The van der Waals surface area contributed by atoms with Gasteiger partial charge in [-0.1, -0.05) is 12.1 Å². The van der Waals surface area contributed by atoms with Crippen LogP contribution >= 0.6 is 35.3 Å². The number of aryl methyl sites for hydroxylation is 2. The van der Waals surface area contributed by atoms with Crippen molar-refractivity contribution in [3.8, 4) is 5.75 Å². The standard InChI is InChI=1S/C19H27N5O2S.HI/c1-13-17(27-14(2)23-13)11-22-19(20-3)21-10-15-7-6-8-16(9-15)26-12-18(25)24(4)5;/h6-9H,10-12H2,1-5H3,(H2,20,21,22);1H. The van der Waals surface area contributed by atoms with Gasteiger partial charge in [0.1, 0.15) is 5.75 Å². The first kappa shape index (κ1) is 24.2. The van der Waals surface area contributed by atoms with E-state index >= 15 is 0 Å². The van der Waals surface area contributed by atoms with Gasteiger partial charge in [-0.15, -0.1) is 35.3 Å². The van der Waals surface area contributed by atoms with Crippen LogP contribution in [0.5, 0.6) is 5.75 Å². The molecule has 7 nitrogen and oxygen atoms in total. The first-order valence-corrected chi connectivity index (χ1v) is 9.50. The lowest BCUT2D eigenvalue weighted by molar-refractivity contribution is -0.130. The fourth-order valence-electron chi connectivity index (χ4n) is 2.33. The monoisotopic (exact) mass is 517 g/mol. The minimum absolute atomic E-state index is 0. The van der Waals surface area contributed by atoms with Crippen LogP contribution in [0.1, 0.15) is 21.1 Å². The Bertz CT molecular complexity index is 807. The molecule has 0 atom stereocenters. The summed E-state index contributed by atoms with van der Waals surface area (Å²) in [6, 6.07) is 7.66. The minimum Gasteiger partial charge on any atom is -0.484 e. The molecule has 154 valence electrons. The van der Waals surface area contributed by atoms with E-state index in [1.165, 1.54) is 9.78 Å². The van der Waals surface area contributed by atoms with E-state index in [4.69, 9.17) is 4.74 Å². The van der Waals surface area contributed by atoms with Crippen LogP contribution in [0, 0.1) is 13.8 Å². The number of nitrogens with zero attached hydrogens (tertiary/aromatic N) is 3. The Morgan fingerprint density at radius 1 is 1.25 bits per heavy atom. The Morgan fingerprint density at radius 3 is 2.57 bits per heavy atom. The average molecular weight is 517 g/mol. The number of amides is 1. The first-order valence-electron chi connectivity index (χ1n) is 8.68. The molecule has 1 heterocycles. The summed E-state index contributed by atoms with van der Waals surface area (Å²) in [5, 5.41) is 7.66. The molecule has 9 heteroatoms. The van der Waals surface area contributed by atoms with Crippen LogP contribution in [0.2, 0.25) is 0 Å². The number of benzene rings is 1. The molecule has 1 amide bonds. The molecule has 1 aromatic heterocycles. The van der Waals surface area contributed by atoms with E-state index in [9.17, 15) is 4.79 Å².